The maximum Gasteiger partial charge on any atom is 0.0620 e. The van der Waals surface area contributed by atoms with Gasteiger partial charge in [-0.15, -0.1) is 0 Å². The second-order valence-electron chi connectivity index (χ2n) is 25.2. The van der Waals surface area contributed by atoms with E-state index in [0.717, 1.165) is 0 Å². The molecule has 9 rings (SSSR count). The summed E-state index contributed by atoms with van der Waals surface area (Å²) in [4.78, 5) is 5.22. The number of unbranched alkanes of at least 4 members (excludes halogenated alkanes) is 1. The second-order valence-corrected chi connectivity index (χ2v) is 25.2. The van der Waals surface area contributed by atoms with E-state index in [2.05, 4.69) is 240 Å². The molecular formula is C72H96N2. The fourth-order valence-electron chi connectivity index (χ4n) is 11.7. The third kappa shape index (κ3) is 12.2. The Labute approximate surface area is 451 Å². The molecule has 2 heteroatoms. The molecule has 2 aliphatic rings. The van der Waals surface area contributed by atoms with Crippen molar-refractivity contribution in [1.29, 1.82) is 0 Å². The van der Waals surface area contributed by atoms with Crippen LogP contribution in [0, 0.1) is 0 Å². The molecule has 2 nitrogen and oxygen atoms in total. The summed E-state index contributed by atoms with van der Waals surface area (Å²) < 4.78 is 0. The number of anilines is 6. The Morgan fingerprint density at radius 3 is 0.932 bits per heavy atom. The Hall–Kier alpha value is -5.34. The van der Waals surface area contributed by atoms with Crippen LogP contribution in [-0.4, -0.2) is 0 Å². The molecule has 0 spiro atoms. The van der Waals surface area contributed by atoms with E-state index >= 15 is 0 Å². The van der Waals surface area contributed by atoms with Crippen molar-refractivity contribution in [3.63, 3.8) is 0 Å². The predicted octanol–water partition coefficient (Wildman–Crippen LogP) is 23.1. The molecule has 2 fully saturated rings. The lowest BCUT2D eigenvalue weighted by Crippen LogP contribution is -2.25. The lowest BCUT2D eigenvalue weighted by atomic mass is 9.70. The predicted molar refractivity (Wildman–Crippen MR) is 329 cm³/mol. The van der Waals surface area contributed by atoms with Gasteiger partial charge in [0, 0.05) is 44.3 Å². The SMILES string of the molecule is CC.CC(C)c1ccc(N(c2ccc(C(C)(C)C)cc2)c2c3ccc(C4(C)CCCCC4)cc3c(N(c3ccc(C(C)C)cc3)c3ccc(C(C)(C)C)cc3)c3ccc(C4(C)CCCCC4)cc23)cc1.CCCC. The van der Waals surface area contributed by atoms with E-state index in [1.165, 1.54) is 166 Å². The zero-order valence-corrected chi connectivity index (χ0v) is 49.2. The molecule has 7 aromatic rings. The van der Waals surface area contributed by atoms with Crippen LogP contribution in [0.15, 0.2) is 133 Å². The fourth-order valence-corrected chi connectivity index (χ4v) is 11.7. The number of hydrogen-bond acceptors (Lipinski definition) is 2. The van der Waals surface area contributed by atoms with Crippen molar-refractivity contribution in [1.82, 2.24) is 0 Å². The van der Waals surface area contributed by atoms with E-state index in [1.807, 2.05) is 13.8 Å². The first kappa shape index (κ1) is 56.4. The van der Waals surface area contributed by atoms with E-state index in [1.54, 1.807) is 0 Å². The van der Waals surface area contributed by atoms with Crippen LogP contribution in [0.5, 0.6) is 0 Å². The van der Waals surface area contributed by atoms with Gasteiger partial charge in [-0.05, 0) is 153 Å². The van der Waals surface area contributed by atoms with Crippen molar-refractivity contribution in [2.75, 3.05) is 9.80 Å². The monoisotopic (exact) mass is 989 g/mol. The number of hydrogen-bond donors (Lipinski definition) is 0. The maximum absolute atomic E-state index is 2.64. The van der Waals surface area contributed by atoms with Gasteiger partial charge < -0.3 is 9.80 Å². The molecule has 0 saturated heterocycles. The van der Waals surface area contributed by atoms with Gasteiger partial charge in [0.25, 0.3) is 0 Å². The smallest absolute Gasteiger partial charge is 0.0620 e. The fraction of sp³-hybridized carbons (Fsp3) is 0.472. The molecule has 0 aliphatic heterocycles. The van der Waals surface area contributed by atoms with Crippen molar-refractivity contribution in [3.05, 3.63) is 167 Å². The van der Waals surface area contributed by atoms with Crippen LogP contribution in [0.4, 0.5) is 34.1 Å². The topological polar surface area (TPSA) is 6.48 Å². The summed E-state index contributed by atoms with van der Waals surface area (Å²) in [5, 5.41) is 5.17. The molecule has 0 bridgehead atoms. The van der Waals surface area contributed by atoms with Crippen molar-refractivity contribution in [2.24, 2.45) is 0 Å². The minimum absolute atomic E-state index is 0.0429. The Balaban J connectivity index is 0.00000127. The second kappa shape index (κ2) is 23.7. The summed E-state index contributed by atoms with van der Waals surface area (Å²) in [7, 11) is 0. The van der Waals surface area contributed by atoms with Crippen LogP contribution in [0.3, 0.4) is 0 Å². The Morgan fingerprint density at radius 1 is 0.392 bits per heavy atom. The highest BCUT2D eigenvalue weighted by Crippen LogP contribution is 2.54. The lowest BCUT2D eigenvalue weighted by Gasteiger charge is -2.37. The molecule has 74 heavy (non-hydrogen) atoms. The lowest BCUT2D eigenvalue weighted by molar-refractivity contribution is 0.320. The molecule has 0 amide bonds. The molecule has 2 saturated carbocycles. The van der Waals surface area contributed by atoms with Crippen LogP contribution < -0.4 is 9.80 Å². The summed E-state index contributed by atoms with van der Waals surface area (Å²) in [5.74, 6) is 0.891. The molecule has 0 heterocycles. The highest BCUT2D eigenvalue weighted by molar-refractivity contribution is 6.23. The van der Waals surface area contributed by atoms with E-state index in [9.17, 15) is 0 Å². The van der Waals surface area contributed by atoms with Gasteiger partial charge in [-0.2, -0.15) is 0 Å². The number of rotatable bonds is 11. The summed E-state index contributed by atoms with van der Waals surface area (Å²) in [5.41, 5.74) is 15.9. The maximum atomic E-state index is 2.64. The molecule has 7 aromatic carbocycles. The molecule has 0 radical (unpaired) electrons. The van der Waals surface area contributed by atoms with Crippen LogP contribution in [-0.2, 0) is 21.7 Å². The van der Waals surface area contributed by atoms with Crippen molar-refractivity contribution < 1.29 is 0 Å². The Kier molecular flexibility index (Phi) is 18.1. The summed E-state index contributed by atoms with van der Waals surface area (Å²) in [6.07, 6.45) is 15.3. The average Bonchev–Trinajstić information content (AvgIpc) is 3.40. The zero-order valence-electron chi connectivity index (χ0n) is 49.2. The normalized spacial score (nSPS) is 15.6. The van der Waals surface area contributed by atoms with Crippen LogP contribution in [0.25, 0.3) is 21.5 Å². The average molecular weight is 990 g/mol. The van der Waals surface area contributed by atoms with Crippen molar-refractivity contribution in [3.8, 4) is 0 Å². The zero-order chi connectivity index (χ0) is 53.6. The Bertz CT molecular complexity index is 2680. The molecule has 0 atom stereocenters. The quantitative estimate of drug-likeness (QED) is 0.0941. The number of nitrogens with zero attached hydrogens (tertiary/aromatic N) is 2. The van der Waals surface area contributed by atoms with Crippen LogP contribution in [0.2, 0.25) is 0 Å². The summed E-state index contributed by atoms with van der Waals surface area (Å²) in [6, 6.07) is 53.3. The highest BCUT2D eigenvalue weighted by atomic mass is 15.2. The third-order valence-electron chi connectivity index (χ3n) is 16.9. The molecule has 0 unspecified atom stereocenters. The Morgan fingerprint density at radius 2 is 0.676 bits per heavy atom. The van der Waals surface area contributed by atoms with Crippen molar-refractivity contribution >= 4 is 55.7 Å². The first-order valence-electron chi connectivity index (χ1n) is 29.3. The first-order valence-corrected chi connectivity index (χ1v) is 29.3. The molecule has 394 valence electrons. The van der Waals surface area contributed by atoms with Gasteiger partial charge in [0.2, 0.25) is 0 Å². The van der Waals surface area contributed by atoms with Gasteiger partial charge in [0.1, 0.15) is 0 Å². The summed E-state index contributed by atoms with van der Waals surface area (Å²) in [6.45, 7) is 36.6. The van der Waals surface area contributed by atoms with Gasteiger partial charge in [-0.25, -0.2) is 0 Å². The summed E-state index contributed by atoms with van der Waals surface area (Å²) >= 11 is 0. The number of benzene rings is 7. The minimum Gasteiger partial charge on any atom is -0.309 e. The van der Waals surface area contributed by atoms with Gasteiger partial charge >= 0.3 is 0 Å². The van der Waals surface area contributed by atoms with E-state index in [0.29, 0.717) is 11.8 Å². The van der Waals surface area contributed by atoms with E-state index in [4.69, 9.17) is 0 Å². The van der Waals surface area contributed by atoms with Crippen LogP contribution >= 0.6 is 0 Å². The van der Waals surface area contributed by atoms with Crippen LogP contribution in [0.1, 0.15) is 233 Å². The number of fused-ring (bicyclic) bond motifs is 2. The minimum atomic E-state index is 0.0429. The van der Waals surface area contributed by atoms with Gasteiger partial charge in [0.15, 0.2) is 0 Å². The molecule has 0 N–H and O–H groups in total. The van der Waals surface area contributed by atoms with E-state index < -0.39 is 0 Å². The van der Waals surface area contributed by atoms with E-state index in [-0.39, 0.29) is 21.7 Å². The standard InChI is InChI=1S/C66H80N2.C4H10.C2H6/c1-45(2)47-19-29-53(30-20-47)67(55-33-23-49(24-34-55)63(5,6)7)61-57-37-27-52(66(12)41-17-14-18-42-66)44-60(57)62(58-38-28-51(43-59(58)61)65(11)39-15-13-16-40-65)68(54-31-21-48(22-32-54)46(3)4)56-35-25-50(26-36-56)64(8,9)10;1-3-4-2;1-2/h19-38,43-46H,13-18,39-42H2,1-12H3;3-4H2,1-2H3;1-2H3. The third-order valence-corrected chi connectivity index (χ3v) is 16.9. The largest absolute Gasteiger partial charge is 0.309 e. The van der Waals surface area contributed by atoms with Crippen molar-refractivity contribution in [2.45, 2.75) is 221 Å². The molecular weight excluding hydrogens is 893 g/mol. The molecule has 0 aromatic heterocycles. The molecule has 2 aliphatic carbocycles. The van der Waals surface area contributed by atoms with Gasteiger partial charge in [-0.1, -0.05) is 235 Å². The van der Waals surface area contributed by atoms with Gasteiger partial charge in [-0.3, -0.25) is 0 Å². The first-order chi connectivity index (χ1) is 35.3. The highest BCUT2D eigenvalue weighted by Gasteiger charge is 2.34. The van der Waals surface area contributed by atoms with Gasteiger partial charge in [0.05, 0.1) is 11.4 Å².